The number of nitriles is 1. The summed E-state index contributed by atoms with van der Waals surface area (Å²) < 4.78 is 71.2. The van der Waals surface area contributed by atoms with E-state index >= 15 is 0 Å². The molecule has 6 nitrogen and oxygen atoms in total. The first kappa shape index (κ1) is 24.4. The maximum Gasteiger partial charge on any atom is 0.397 e. The molecular formula is C22H21ClF5N5O. The van der Waals surface area contributed by atoms with Gasteiger partial charge in [0.15, 0.2) is 0 Å². The fourth-order valence-corrected chi connectivity index (χ4v) is 5.40. The molecule has 12 heteroatoms. The van der Waals surface area contributed by atoms with Gasteiger partial charge < -0.3 is 15.5 Å². The summed E-state index contributed by atoms with van der Waals surface area (Å²) in [5.41, 5.74) is -3.11. The van der Waals surface area contributed by atoms with Crippen molar-refractivity contribution in [3.63, 3.8) is 0 Å². The first-order valence-corrected chi connectivity index (χ1v) is 10.5. The standard InChI is InChI=1S/C22H20F5N5O.ClH/c23-21(24)5-7-29-9-16(21)31-18(33)19-10-20(19,22(25,26)27)12-32(11-19)15-4-3-13(8-28)17-14(15)2-1-6-30-17;/h1-4,6,16,29H,5,7,9-12H2,(H,31,33);1H/t16-,19-,20-;/m0./s1. The second-order valence-corrected chi connectivity index (χ2v) is 9.08. The number of rotatable bonds is 3. The molecule has 0 bridgehead atoms. The molecule has 1 aromatic carbocycles. The molecule has 1 aliphatic carbocycles. The molecule has 2 aromatic rings. The third-order valence-electron chi connectivity index (χ3n) is 7.30. The largest absolute Gasteiger partial charge is 0.397 e. The van der Waals surface area contributed by atoms with Crippen LogP contribution in [0.15, 0.2) is 30.5 Å². The Morgan fingerprint density at radius 1 is 1.26 bits per heavy atom. The van der Waals surface area contributed by atoms with E-state index in [1.807, 2.05) is 6.07 Å². The highest BCUT2D eigenvalue weighted by Gasteiger charge is 2.86. The van der Waals surface area contributed by atoms with Crippen molar-refractivity contribution in [3.8, 4) is 6.07 Å². The summed E-state index contributed by atoms with van der Waals surface area (Å²) in [5.74, 6) is -4.19. The molecule has 0 unspecified atom stereocenters. The van der Waals surface area contributed by atoms with E-state index in [0.717, 1.165) is 0 Å². The second-order valence-electron chi connectivity index (χ2n) is 9.08. The monoisotopic (exact) mass is 501 g/mol. The molecule has 2 aliphatic heterocycles. The molecule has 1 saturated carbocycles. The van der Waals surface area contributed by atoms with Crippen LogP contribution in [0.4, 0.5) is 27.6 Å². The molecule has 5 rings (SSSR count). The topological polar surface area (TPSA) is 81.0 Å². The highest BCUT2D eigenvalue weighted by atomic mass is 35.5. The first-order valence-electron chi connectivity index (χ1n) is 10.5. The van der Waals surface area contributed by atoms with E-state index < -0.39 is 54.3 Å². The summed E-state index contributed by atoms with van der Waals surface area (Å²) in [4.78, 5) is 18.7. The summed E-state index contributed by atoms with van der Waals surface area (Å²) in [6, 6.07) is 6.75. The van der Waals surface area contributed by atoms with Gasteiger partial charge in [-0.3, -0.25) is 9.78 Å². The first-order chi connectivity index (χ1) is 15.5. The maximum absolute atomic E-state index is 14.3. The zero-order chi connectivity index (χ0) is 23.6. The van der Waals surface area contributed by atoms with Gasteiger partial charge in [-0.2, -0.15) is 18.4 Å². The zero-order valence-corrected chi connectivity index (χ0v) is 18.6. The van der Waals surface area contributed by atoms with Crippen LogP contribution in [0.1, 0.15) is 18.4 Å². The molecule has 3 aliphatic rings. The van der Waals surface area contributed by atoms with Gasteiger partial charge in [-0.15, -0.1) is 12.4 Å². The van der Waals surface area contributed by atoms with Crippen LogP contribution in [0.5, 0.6) is 0 Å². The predicted molar refractivity (Wildman–Crippen MR) is 116 cm³/mol. The molecule has 3 fully saturated rings. The Balaban J connectivity index is 0.00000274. The number of carbonyl (C=O) groups is 1. The summed E-state index contributed by atoms with van der Waals surface area (Å²) in [5, 5.41) is 14.8. The van der Waals surface area contributed by atoms with Crippen molar-refractivity contribution in [1.29, 1.82) is 5.26 Å². The predicted octanol–water partition coefficient (Wildman–Crippen LogP) is 3.40. The van der Waals surface area contributed by atoms with Crippen molar-refractivity contribution >= 4 is 34.9 Å². The van der Waals surface area contributed by atoms with Crippen LogP contribution in [0.2, 0.25) is 0 Å². The van der Waals surface area contributed by atoms with Gasteiger partial charge in [-0.25, -0.2) is 8.78 Å². The number of hydrogen-bond donors (Lipinski definition) is 2. The van der Waals surface area contributed by atoms with Crippen LogP contribution < -0.4 is 15.5 Å². The van der Waals surface area contributed by atoms with E-state index in [0.29, 0.717) is 16.6 Å². The minimum Gasteiger partial charge on any atom is -0.369 e. The van der Waals surface area contributed by atoms with Crippen molar-refractivity contribution in [2.24, 2.45) is 10.8 Å². The lowest BCUT2D eigenvalue weighted by Crippen LogP contribution is -2.59. The Hall–Kier alpha value is -2.71. The van der Waals surface area contributed by atoms with Crippen molar-refractivity contribution in [2.75, 3.05) is 31.1 Å². The number of nitrogens with zero attached hydrogens (tertiary/aromatic N) is 3. The van der Waals surface area contributed by atoms with E-state index in [1.54, 1.807) is 18.2 Å². The van der Waals surface area contributed by atoms with Gasteiger partial charge in [0, 0.05) is 49.9 Å². The van der Waals surface area contributed by atoms with Crippen molar-refractivity contribution in [1.82, 2.24) is 15.6 Å². The molecule has 182 valence electrons. The fraction of sp³-hybridized carbons (Fsp3) is 0.500. The Bertz CT molecular complexity index is 1180. The molecule has 1 amide bonds. The Labute approximate surface area is 197 Å². The number of amides is 1. The Morgan fingerprint density at radius 3 is 2.71 bits per heavy atom. The molecular weight excluding hydrogens is 481 g/mol. The minimum absolute atomic E-state index is 0. The molecule has 3 heterocycles. The van der Waals surface area contributed by atoms with Gasteiger partial charge in [0.1, 0.15) is 17.5 Å². The van der Waals surface area contributed by atoms with Crippen molar-refractivity contribution in [2.45, 2.75) is 31.0 Å². The van der Waals surface area contributed by atoms with E-state index in [9.17, 15) is 32.0 Å². The average molecular weight is 502 g/mol. The number of fused-ring (bicyclic) bond motifs is 2. The smallest absolute Gasteiger partial charge is 0.369 e. The van der Waals surface area contributed by atoms with Crippen LogP contribution in [-0.2, 0) is 4.79 Å². The summed E-state index contributed by atoms with van der Waals surface area (Å²) in [7, 11) is 0. The van der Waals surface area contributed by atoms with Crippen LogP contribution >= 0.6 is 12.4 Å². The number of anilines is 1. The van der Waals surface area contributed by atoms with Crippen molar-refractivity contribution < 1.29 is 26.7 Å². The normalized spacial score (nSPS) is 29.6. The van der Waals surface area contributed by atoms with Gasteiger partial charge in [0.05, 0.1) is 16.5 Å². The SMILES string of the molecule is Cl.N#Cc1ccc(N2C[C@]3(C(=O)N[C@H]4CNCCC4(F)F)C[C@]3(C(F)(F)F)C2)c2cccnc12. The number of nitrogens with one attached hydrogen (secondary N) is 2. The zero-order valence-electron chi connectivity index (χ0n) is 17.8. The Morgan fingerprint density at radius 2 is 2.03 bits per heavy atom. The van der Waals surface area contributed by atoms with Gasteiger partial charge >= 0.3 is 6.18 Å². The molecule has 2 N–H and O–H groups in total. The molecule has 3 atom stereocenters. The number of piperidine rings is 2. The maximum atomic E-state index is 14.3. The third kappa shape index (κ3) is 3.38. The fourth-order valence-electron chi connectivity index (χ4n) is 5.40. The second kappa shape index (κ2) is 7.92. The van der Waals surface area contributed by atoms with Crippen LogP contribution in [0, 0.1) is 22.2 Å². The minimum atomic E-state index is -4.69. The number of alkyl halides is 5. The average Bonchev–Trinajstić information content (AvgIpc) is 3.32. The number of halogens is 6. The van der Waals surface area contributed by atoms with Gasteiger partial charge in [0.25, 0.3) is 5.92 Å². The summed E-state index contributed by atoms with van der Waals surface area (Å²) >= 11 is 0. The molecule has 34 heavy (non-hydrogen) atoms. The lowest BCUT2D eigenvalue weighted by Gasteiger charge is -2.33. The van der Waals surface area contributed by atoms with E-state index in [-0.39, 0.29) is 37.6 Å². The lowest BCUT2D eigenvalue weighted by atomic mass is 9.93. The molecule has 2 saturated heterocycles. The van der Waals surface area contributed by atoms with E-state index in [4.69, 9.17) is 0 Å². The lowest BCUT2D eigenvalue weighted by molar-refractivity contribution is -0.192. The quantitative estimate of drug-likeness (QED) is 0.630. The van der Waals surface area contributed by atoms with Crippen molar-refractivity contribution in [3.05, 3.63) is 36.0 Å². The van der Waals surface area contributed by atoms with Gasteiger partial charge in [-0.05, 0) is 30.7 Å². The number of benzene rings is 1. The van der Waals surface area contributed by atoms with Gasteiger partial charge in [0.2, 0.25) is 5.91 Å². The molecule has 1 aromatic heterocycles. The van der Waals surface area contributed by atoms with E-state index in [2.05, 4.69) is 15.6 Å². The Kier molecular flexibility index (Phi) is 5.69. The van der Waals surface area contributed by atoms with E-state index in [1.165, 1.54) is 17.2 Å². The number of hydrogen-bond acceptors (Lipinski definition) is 5. The summed E-state index contributed by atoms with van der Waals surface area (Å²) in [6.07, 6.45) is -4.14. The molecule has 0 spiro atoms. The molecule has 0 radical (unpaired) electrons. The highest BCUT2D eigenvalue weighted by molar-refractivity contribution is 5.97. The number of pyridine rings is 1. The number of carbonyl (C=O) groups excluding carboxylic acids is 1. The number of aromatic nitrogens is 1. The third-order valence-corrected chi connectivity index (χ3v) is 7.30. The van der Waals surface area contributed by atoms with Crippen LogP contribution in [0.25, 0.3) is 10.9 Å². The highest BCUT2D eigenvalue weighted by Crippen LogP contribution is 2.75. The van der Waals surface area contributed by atoms with Crippen LogP contribution in [-0.4, -0.2) is 55.2 Å². The summed E-state index contributed by atoms with van der Waals surface area (Å²) in [6.45, 7) is -0.868. The van der Waals surface area contributed by atoms with Crippen LogP contribution in [0.3, 0.4) is 0 Å². The van der Waals surface area contributed by atoms with Gasteiger partial charge in [-0.1, -0.05) is 0 Å².